The van der Waals surface area contributed by atoms with E-state index >= 15 is 0 Å². The van der Waals surface area contributed by atoms with Crippen molar-refractivity contribution >= 4 is 17.5 Å². The van der Waals surface area contributed by atoms with Crippen molar-refractivity contribution in [3.05, 3.63) is 0 Å². The molecule has 19 heavy (non-hydrogen) atoms. The smallest absolute Gasteiger partial charge is 0.222 e. The number of piperidine rings is 1. The van der Waals surface area contributed by atoms with Crippen LogP contribution < -0.4 is 0 Å². The van der Waals surface area contributed by atoms with Gasteiger partial charge in [0.1, 0.15) is 0 Å². The lowest BCUT2D eigenvalue weighted by atomic mass is 9.86. The van der Waals surface area contributed by atoms with Crippen LogP contribution in [0, 0.1) is 5.92 Å². The Bertz CT molecular complexity index is 271. The van der Waals surface area contributed by atoms with Crippen LogP contribution in [0.4, 0.5) is 0 Å². The first-order chi connectivity index (χ1) is 9.29. The van der Waals surface area contributed by atoms with Crippen molar-refractivity contribution in [3.63, 3.8) is 0 Å². The van der Waals surface area contributed by atoms with Gasteiger partial charge in [0.2, 0.25) is 5.91 Å². The summed E-state index contributed by atoms with van der Waals surface area (Å²) in [5, 5.41) is 0. The minimum Gasteiger partial charge on any atom is -0.377 e. The molecule has 0 spiro atoms. The highest BCUT2D eigenvalue weighted by atomic mass is 35.5. The van der Waals surface area contributed by atoms with Gasteiger partial charge in [-0.15, -0.1) is 11.6 Å². The Labute approximate surface area is 121 Å². The van der Waals surface area contributed by atoms with Crippen molar-refractivity contribution in [1.82, 2.24) is 4.90 Å². The second kappa shape index (κ2) is 8.11. The number of alkyl halides is 1. The summed E-state index contributed by atoms with van der Waals surface area (Å²) in [5.74, 6) is 1.56. The predicted octanol–water partition coefficient (Wildman–Crippen LogP) is 3.20. The third-order valence-corrected chi connectivity index (χ3v) is 4.57. The second-order valence-corrected chi connectivity index (χ2v) is 6.23. The quantitative estimate of drug-likeness (QED) is 0.727. The Hall–Kier alpha value is -0.280. The molecule has 4 heteroatoms. The molecule has 1 saturated heterocycles. The molecule has 1 aliphatic carbocycles. The van der Waals surface area contributed by atoms with Gasteiger partial charge in [-0.1, -0.05) is 19.3 Å². The summed E-state index contributed by atoms with van der Waals surface area (Å²) in [6.07, 6.45) is 9.49. The Morgan fingerprint density at radius 3 is 2.42 bits per heavy atom. The standard InChI is InChI=1S/C15H26ClNO2/c16-8-11-19-14-6-9-17(10-7-14)15(18)12-13-4-2-1-3-5-13/h13-14H,1-12H2. The van der Waals surface area contributed by atoms with E-state index in [1.54, 1.807) is 0 Å². The van der Waals surface area contributed by atoms with Crippen LogP contribution in [0.3, 0.4) is 0 Å². The topological polar surface area (TPSA) is 29.5 Å². The average molecular weight is 288 g/mol. The van der Waals surface area contributed by atoms with Crippen LogP contribution in [0.2, 0.25) is 0 Å². The number of halogens is 1. The zero-order valence-electron chi connectivity index (χ0n) is 11.8. The lowest BCUT2D eigenvalue weighted by Gasteiger charge is -2.33. The summed E-state index contributed by atoms with van der Waals surface area (Å²) >= 11 is 5.62. The highest BCUT2D eigenvalue weighted by Crippen LogP contribution is 2.27. The van der Waals surface area contributed by atoms with Gasteiger partial charge in [0.15, 0.2) is 0 Å². The summed E-state index contributed by atoms with van der Waals surface area (Å²) in [5.41, 5.74) is 0. The fourth-order valence-electron chi connectivity index (χ4n) is 3.25. The summed E-state index contributed by atoms with van der Waals surface area (Å²) in [4.78, 5) is 14.3. The minimum atomic E-state index is 0.303. The first kappa shape index (κ1) is 15.1. The molecule has 1 aliphatic heterocycles. The van der Waals surface area contributed by atoms with Crippen LogP contribution >= 0.6 is 11.6 Å². The van der Waals surface area contributed by atoms with Crippen LogP contribution in [-0.2, 0) is 9.53 Å². The molecule has 0 N–H and O–H groups in total. The molecule has 0 aromatic carbocycles. The molecule has 0 unspecified atom stereocenters. The van der Waals surface area contributed by atoms with Gasteiger partial charge in [0.05, 0.1) is 12.7 Å². The SMILES string of the molecule is O=C(CC1CCCCC1)N1CCC(OCCCl)CC1. The summed E-state index contributed by atoms with van der Waals surface area (Å²) in [7, 11) is 0. The fraction of sp³-hybridized carbons (Fsp3) is 0.933. The van der Waals surface area contributed by atoms with Crippen LogP contribution in [0.5, 0.6) is 0 Å². The van der Waals surface area contributed by atoms with Gasteiger partial charge in [-0.3, -0.25) is 4.79 Å². The zero-order chi connectivity index (χ0) is 13.5. The van der Waals surface area contributed by atoms with E-state index in [0.29, 0.717) is 30.4 Å². The van der Waals surface area contributed by atoms with E-state index in [0.717, 1.165) is 32.4 Å². The molecule has 0 atom stereocenters. The van der Waals surface area contributed by atoms with E-state index in [2.05, 4.69) is 0 Å². The fourth-order valence-corrected chi connectivity index (χ4v) is 3.34. The number of carbonyl (C=O) groups is 1. The monoisotopic (exact) mass is 287 g/mol. The third-order valence-electron chi connectivity index (χ3n) is 4.41. The molecule has 1 amide bonds. The summed E-state index contributed by atoms with van der Waals surface area (Å²) in [6.45, 7) is 2.35. The Kier molecular flexibility index (Phi) is 6.45. The van der Waals surface area contributed by atoms with Gasteiger partial charge < -0.3 is 9.64 Å². The predicted molar refractivity (Wildman–Crippen MR) is 77.5 cm³/mol. The van der Waals surface area contributed by atoms with Crippen molar-refractivity contribution in [2.75, 3.05) is 25.6 Å². The van der Waals surface area contributed by atoms with Gasteiger partial charge in [-0.2, -0.15) is 0 Å². The lowest BCUT2D eigenvalue weighted by molar-refractivity contribution is -0.135. The Balaban J connectivity index is 1.67. The number of carbonyl (C=O) groups excluding carboxylic acids is 1. The second-order valence-electron chi connectivity index (χ2n) is 5.85. The van der Waals surface area contributed by atoms with E-state index in [4.69, 9.17) is 16.3 Å². The third kappa shape index (κ3) is 4.96. The van der Waals surface area contributed by atoms with Crippen molar-refractivity contribution < 1.29 is 9.53 Å². The number of likely N-dealkylation sites (tertiary alicyclic amines) is 1. The van der Waals surface area contributed by atoms with E-state index in [1.165, 1.54) is 32.1 Å². The molecule has 110 valence electrons. The Morgan fingerprint density at radius 1 is 1.11 bits per heavy atom. The maximum absolute atomic E-state index is 12.3. The maximum Gasteiger partial charge on any atom is 0.222 e. The van der Waals surface area contributed by atoms with Gasteiger partial charge in [-0.25, -0.2) is 0 Å². The van der Waals surface area contributed by atoms with Gasteiger partial charge >= 0.3 is 0 Å². The van der Waals surface area contributed by atoms with Crippen molar-refractivity contribution in [2.24, 2.45) is 5.92 Å². The van der Waals surface area contributed by atoms with Crippen molar-refractivity contribution in [3.8, 4) is 0 Å². The summed E-state index contributed by atoms with van der Waals surface area (Å²) in [6, 6.07) is 0. The number of ether oxygens (including phenoxy) is 1. The van der Waals surface area contributed by atoms with E-state index in [9.17, 15) is 4.79 Å². The lowest BCUT2D eigenvalue weighted by Crippen LogP contribution is -2.41. The number of hydrogen-bond donors (Lipinski definition) is 0. The molecule has 1 heterocycles. The highest BCUT2D eigenvalue weighted by Gasteiger charge is 2.25. The van der Waals surface area contributed by atoms with E-state index in [1.807, 2.05) is 4.90 Å². The maximum atomic E-state index is 12.3. The molecular weight excluding hydrogens is 262 g/mol. The van der Waals surface area contributed by atoms with Crippen LogP contribution in [-0.4, -0.2) is 42.5 Å². The van der Waals surface area contributed by atoms with Crippen LogP contribution in [0.15, 0.2) is 0 Å². The molecule has 0 aromatic heterocycles. The van der Waals surface area contributed by atoms with E-state index in [-0.39, 0.29) is 0 Å². The van der Waals surface area contributed by atoms with Crippen LogP contribution in [0.25, 0.3) is 0 Å². The van der Waals surface area contributed by atoms with E-state index < -0.39 is 0 Å². The molecule has 2 aliphatic rings. The van der Waals surface area contributed by atoms with Crippen molar-refractivity contribution in [2.45, 2.75) is 57.5 Å². The Morgan fingerprint density at radius 2 is 1.79 bits per heavy atom. The zero-order valence-corrected chi connectivity index (χ0v) is 12.5. The van der Waals surface area contributed by atoms with Gasteiger partial charge in [0, 0.05) is 25.4 Å². The first-order valence-electron chi connectivity index (χ1n) is 7.75. The number of rotatable bonds is 5. The van der Waals surface area contributed by atoms with Gasteiger partial charge in [0.25, 0.3) is 0 Å². The molecule has 3 nitrogen and oxygen atoms in total. The van der Waals surface area contributed by atoms with Gasteiger partial charge in [-0.05, 0) is 31.6 Å². The normalized spacial score (nSPS) is 22.7. The molecule has 0 aromatic rings. The molecule has 1 saturated carbocycles. The molecule has 0 radical (unpaired) electrons. The number of nitrogens with zero attached hydrogens (tertiary/aromatic N) is 1. The molecule has 0 bridgehead atoms. The number of hydrogen-bond acceptors (Lipinski definition) is 2. The summed E-state index contributed by atoms with van der Waals surface area (Å²) < 4.78 is 5.64. The molecular formula is C15H26ClNO2. The highest BCUT2D eigenvalue weighted by molar-refractivity contribution is 6.17. The largest absolute Gasteiger partial charge is 0.377 e. The molecule has 2 fully saturated rings. The average Bonchev–Trinajstić information content (AvgIpc) is 2.46. The minimum absolute atomic E-state index is 0.303. The van der Waals surface area contributed by atoms with Crippen LogP contribution in [0.1, 0.15) is 51.4 Å². The molecule has 2 rings (SSSR count). The first-order valence-corrected chi connectivity index (χ1v) is 8.28. The number of amides is 1. The van der Waals surface area contributed by atoms with Crippen molar-refractivity contribution in [1.29, 1.82) is 0 Å².